The lowest BCUT2D eigenvalue weighted by Gasteiger charge is -2.50. The summed E-state index contributed by atoms with van der Waals surface area (Å²) in [4.78, 5) is 11.0. The molecule has 4 aromatic rings. The first-order chi connectivity index (χ1) is 19.7. The molecule has 2 aliphatic rings. The number of benzene rings is 3. The van der Waals surface area contributed by atoms with Crippen LogP contribution in [0, 0.1) is 6.33 Å². The van der Waals surface area contributed by atoms with Crippen molar-refractivity contribution < 1.29 is 9.16 Å². The second-order valence-electron chi connectivity index (χ2n) is 12.8. The summed E-state index contributed by atoms with van der Waals surface area (Å²) >= 11 is 6.77. The largest absolute Gasteiger partial charge is 0.400 e. The molecule has 0 spiro atoms. The number of ether oxygens (including phenoxy) is 1. The molecule has 0 saturated carbocycles. The molecule has 0 aliphatic carbocycles. The van der Waals surface area contributed by atoms with Crippen LogP contribution in [0.5, 0.6) is 0 Å². The van der Waals surface area contributed by atoms with Crippen LogP contribution in [0.15, 0.2) is 79.0 Å². The Balaban J connectivity index is 1.28. The topological polar surface area (TPSA) is 47.5 Å². The van der Waals surface area contributed by atoms with Gasteiger partial charge in [0.1, 0.15) is 0 Å². The fourth-order valence-electron chi connectivity index (χ4n) is 6.99. The zero-order valence-electron chi connectivity index (χ0n) is 24.4. The molecule has 2 atom stereocenters. The summed E-state index contributed by atoms with van der Waals surface area (Å²) in [6.07, 6.45) is 6.51. The van der Waals surface area contributed by atoms with E-state index in [4.69, 9.17) is 20.8 Å². The Morgan fingerprint density at radius 1 is 1.00 bits per heavy atom. The fraction of sp³-hybridized carbons (Fsp3) is 0.412. The molecule has 6 rings (SSSR count). The van der Waals surface area contributed by atoms with Gasteiger partial charge in [-0.2, -0.15) is 0 Å². The minimum atomic E-state index is -2.71. The van der Waals surface area contributed by atoms with E-state index in [1.165, 1.54) is 15.9 Å². The second-order valence-corrected chi connectivity index (χ2v) is 17.5. The van der Waals surface area contributed by atoms with Crippen LogP contribution in [0.2, 0.25) is 10.1 Å². The highest BCUT2D eigenvalue weighted by molar-refractivity contribution is 6.99. The molecule has 41 heavy (non-hydrogen) atoms. The molecule has 5 nitrogen and oxygen atoms in total. The average Bonchev–Trinajstić information content (AvgIpc) is 3.36. The van der Waals surface area contributed by atoms with Gasteiger partial charge in [-0.3, -0.25) is 4.90 Å². The number of aromatic nitrogens is 2. The molecule has 0 amide bonds. The third-order valence-electron chi connectivity index (χ3n) is 9.33. The molecular formula is C34H39ClN3O2Si. The Morgan fingerprint density at radius 2 is 1.63 bits per heavy atom. The third-order valence-corrected chi connectivity index (χ3v) is 14.7. The number of nitrogens with zero attached hydrogens (tertiary/aromatic N) is 3. The minimum absolute atomic E-state index is 0.0400. The average molecular weight is 585 g/mol. The van der Waals surface area contributed by atoms with Crippen LogP contribution in [0.1, 0.15) is 52.0 Å². The molecule has 213 valence electrons. The first kappa shape index (κ1) is 28.5. The molecule has 3 heterocycles. The van der Waals surface area contributed by atoms with Crippen LogP contribution < -0.4 is 10.4 Å². The standard InChI is InChI=1S/C34H39ClN3O2Si/c1-33(2,3)41(27-11-7-5-8-12-27,28-13-9-6-10-14-28)40-32-22-39-23-34(32,4)38-17-15-25(16-18-38)29-20-31-26(19-30(29)35)21-36-24-37-31/h5-14,19-21,25,32H,15-18,22-23H2,1-4H3. The quantitative estimate of drug-likeness (QED) is 0.260. The fourth-order valence-corrected chi connectivity index (χ4v) is 12.1. The summed E-state index contributed by atoms with van der Waals surface area (Å²) < 4.78 is 13.9. The Morgan fingerprint density at radius 3 is 2.24 bits per heavy atom. The number of piperidine rings is 1. The molecule has 2 aliphatic heterocycles. The van der Waals surface area contributed by atoms with Crippen molar-refractivity contribution in [3.63, 3.8) is 0 Å². The van der Waals surface area contributed by atoms with E-state index in [-0.39, 0.29) is 16.7 Å². The zero-order valence-corrected chi connectivity index (χ0v) is 26.2. The van der Waals surface area contributed by atoms with Crippen molar-refractivity contribution in [3.05, 3.63) is 95.9 Å². The van der Waals surface area contributed by atoms with E-state index < -0.39 is 8.32 Å². The maximum absolute atomic E-state index is 7.62. The molecule has 7 heteroatoms. The first-order valence-electron chi connectivity index (χ1n) is 14.7. The number of halogens is 1. The number of fused-ring (bicyclic) bond motifs is 1. The van der Waals surface area contributed by atoms with Crippen molar-refractivity contribution in [3.8, 4) is 0 Å². The van der Waals surface area contributed by atoms with E-state index >= 15 is 0 Å². The lowest BCUT2D eigenvalue weighted by atomic mass is 9.85. The highest BCUT2D eigenvalue weighted by Crippen LogP contribution is 2.43. The lowest BCUT2D eigenvalue weighted by molar-refractivity contribution is 0.00483. The van der Waals surface area contributed by atoms with E-state index in [2.05, 4.69) is 116 Å². The van der Waals surface area contributed by atoms with Crippen LogP contribution >= 0.6 is 11.6 Å². The van der Waals surface area contributed by atoms with E-state index in [1.54, 1.807) is 6.20 Å². The Kier molecular flexibility index (Phi) is 7.81. The summed E-state index contributed by atoms with van der Waals surface area (Å²) in [6.45, 7) is 12.6. The monoisotopic (exact) mass is 584 g/mol. The lowest BCUT2D eigenvalue weighted by Crippen LogP contribution is -2.70. The van der Waals surface area contributed by atoms with Crippen molar-refractivity contribution in [2.24, 2.45) is 0 Å². The number of likely N-dealkylation sites (tertiary alicyclic amines) is 1. The second kappa shape index (κ2) is 11.2. The van der Waals surface area contributed by atoms with Gasteiger partial charge >= 0.3 is 0 Å². The van der Waals surface area contributed by atoms with Gasteiger partial charge in [0.15, 0.2) is 6.33 Å². The van der Waals surface area contributed by atoms with E-state index in [0.717, 1.165) is 41.9 Å². The molecule has 2 unspecified atom stereocenters. The molecular weight excluding hydrogens is 546 g/mol. The maximum atomic E-state index is 7.62. The Bertz CT molecular complexity index is 1450. The van der Waals surface area contributed by atoms with Crippen molar-refractivity contribution in [2.45, 2.75) is 63.1 Å². The third kappa shape index (κ3) is 5.15. The summed E-state index contributed by atoms with van der Waals surface area (Å²) in [6, 6.07) is 25.9. The Labute approximate surface area is 250 Å². The van der Waals surface area contributed by atoms with Gasteiger partial charge in [-0.25, -0.2) is 9.97 Å². The van der Waals surface area contributed by atoms with Crippen molar-refractivity contribution in [1.82, 2.24) is 14.9 Å². The van der Waals surface area contributed by atoms with E-state index in [9.17, 15) is 0 Å². The van der Waals surface area contributed by atoms with Crippen molar-refractivity contribution in [1.29, 1.82) is 0 Å². The van der Waals surface area contributed by atoms with Crippen molar-refractivity contribution in [2.75, 3.05) is 26.3 Å². The van der Waals surface area contributed by atoms with Gasteiger partial charge in [-0.05, 0) is 71.9 Å². The molecule has 1 radical (unpaired) electrons. The molecule has 0 bridgehead atoms. The minimum Gasteiger partial charge on any atom is -0.400 e. The number of rotatable bonds is 6. The van der Waals surface area contributed by atoms with Crippen molar-refractivity contribution >= 4 is 41.2 Å². The van der Waals surface area contributed by atoms with Gasteiger partial charge in [0.05, 0.1) is 30.4 Å². The van der Waals surface area contributed by atoms with Gasteiger partial charge in [0, 0.05) is 16.6 Å². The predicted octanol–water partition coefficient (Wildman–Crippen LogP) is 6.00. The first-order valence-corrected chi connectivity index (χ1v) is 16.9. The predicted molar refractivity (Wildman–Crippen MR) is 169 cm³/mol. The molecule has 3 aromatic carbocycles. The van der Waals surface area contributed by atoms with Crippen LogP contribution in [0.3, 0.4) is 0 Å². The molecule has 2 fully saturated rings. The SMILES string of the molecule is CC1(N2CCC(c3cc4n[c]ncc4cc3Cl)CC2)COCC1O[Si](c1ccccc1)(c1ccccc1)C(C)(C)C. The highest BCUT2D eigenvalue weighted by atomic mass is 35.5. The van der Waals surface area contributed by atoms with Gasteiger partial charge in [-0.1, -0.05) is 93.0 Å². The highest BCUT2D eigenvalue weighted by Gasteiger charge is 2.56. The number of hydrogen-bond acceptors (Lipinski definition) is 5. The summed E-state index contributed by atoms with van der Waals surface area (Å²) in [5, 5.41) is 4.28. The van der Waals surface area contributed by atoms with Crippen LogP contribution in [-0.2, 0) is 9.16 Å². The Hall–Kier alpha value is -2.61. The maximum Gasteiger partial charge on any atom is 0.261 e. The number of hydrogen-bond donors (Lipinski definition) is 0. The zero-order chi connectivity index (χ0) is 28.7. The molecule has 0 N–H and O–H groups in total. The molecule has 1 aromatic heterocycles. The van der Waals surface area contributed by atoms with Gasteiger partial charge in [-0.15, -0.1) is 0 Å². The smallest absolute Gasteiger partial charge is 0.261 e. The van der Waals surface area contributed by atoms with Gasteiger partial charge < -0.3 is 9.16 Å². The summed E-state index contributed by atoms with van der Waals surface area (Å²) in [5.74, 6) is 0.389. The van der Waals surface area contributed by atoms with E-state index in [1.807, 2.05) is 6.07 Å². The molecule has 2 saturated heterocycles. The van der Waals surface area contributed by atoms with Crippen LogP contribution in [0.25, 0.3) is 10.9 Å². The van der Waals surface area contributed by atoms with Crippen LogP contribution in [-0.4, -0.2) is 61.1 Å². The van der Waals surface area contributed by atoms with Gasteiger partial charge in [0.25, 0.3) is 8.32 Å². The summed E-state index contributed by atoms with van der Waals surface area (Å²) in [5.41, 5.74) is 1.86. The normalized spacial score (nSPS) is 22.8. The van der Waals surface area contributed by atoms with Gasteiger partial charge in [0.2, 0.25) is 0 Å². The van der Waals surface area contributed by atoms with E-state index in [0.29, 0.717) is 19.1 Å². The summed E-state index contributed by atoms with van der Waals surface area (Å²) in [7, 11) is -2.71. The van der Waals surface area contributed by atoms with Crippen LogP contribution in [0.4, 0.5) is 0 Å².